The Kier molecular flexibility index (Phi) is 4.88. The minimum atomic E-state index is 0.00504. The zero-order chi connectivity index (χ0) is 19.0. The molecule has 4 rings (SSSR count). The molecule has 0 spiro atoms. The van der Waals surface area contributed by atoms with Gasteiger partial charge in [0.05, 0.1) is 6.61 Å². The highest BCUT2D eigenvalue weighted by Gasteiger charge is 2.27. The van der Waals surface area contributed by atoms with Gasteiger partial charge >= 0.3 is 0 Å². The molecule has 1 amide bonds. The number of imidazole rings is 1. The topological polar surface area (TPSA) is 67.7 Å². The molecule has 1 aliphatic carbocycles. The third kappa shape index (κ3) is 3.57. The largest absolute Gasteiger partial charge is 0.383 e. The van der Waals surface area contributed by atoms with Crippen molar-refractivity contribution in [1.29, 1.82) is 0 Å². The maximum atomic E-state index is 12.6. The van der Waals surface area contributed by atoms with Crippen molar-refractivity contribution in [2.24, 2.45) is 0 Å². The average molecular weight is 385 g/mol. The van der Waals surface area contributed by atoms with Crippen molar-refractivity contribution < 1.29 is 9.53 Å². The van der Waals surface area contributed by atoms with Crippen LogP contribution in [0.5, 0.6) is 0 Å². The number of anilines is 1. The number of carbonyl (C=O) groups excluding carboxylic acids is 1. The number of nitrogens with zero attached hydrogens (tertiary/aromatic N) is 2. The summed E-state index contributed by atoms with van der Waals surface area (Å²) in [5.74, 6) is 0.914. The van der Waals surface area contributed by atoms with Crippen molar-refractivity contribution >= 4 is 28.0 Å². The Hall–Kier alpha value is -2.38. The van der Waals surface area contributed by atoms with Crippen LogP contribution in [0.2, 0.25) is 0 Å². The molecule has 2 N–H and O–H groups in total. The molecule has 0 saturated heterocycles. The first-order valence-corrected chi connectivity index (χ1v) is 10.0. The van der Waals surface area contributed by atoms with E-state index in [4.69, 9.17) is 9.72 Å². The number of aryl methyl sites for hydroxylation is 2. The number of hydrogen-bond acceptors (Lipinski definition) is 5. The SMILES string of the molecule is COCCNc1c(-c2cccc(C)c2)nc2sc(C(=O)NC3CC3)c(C)n12. The van der Waals surface area contributed by atoms with E-state index in [0.29, 0.717) is 19.2 Å². The highest BCUT2D eigenvalue weighted by atomic mass is 32.1. The van der Waals surface area contributed by atoms with E-state index in [9.17, 15) is 4.79 Å². The van der Waals surface area contributed by atoms with Gasteiger partial charge in [-0.1, -0.05) is 35.1 Å². The Bertz CT molecular complexity index is 987. The number of fused-ring (bicyclic) bond motifs is 1. The van der Waals surface area contributed by atoms with Crippen molar-refractivity contribution in [3.63, 3.8) is 0 Å². The third-order valence-electron chi connectivity index (χ3n) is 4.71. The summed E-state index contributed by atoms with van der Waals surface area (Å²) < 4.78 is 7.24. The molecule has 6 nitrogen and oxygen atoms in total. The lowest BCUT2D eigenvalue weighted by Gasteiger charge is -2.10. The van der Waals surface area contributed by atoms with Gasteiger partial charge in [0.2, 0.25) is 0 Å². The minimum absolute atomic E-state index is 0.00504. The lowest BCUT2D eigenvalue weighted by atomic mass is 10.1. The summed E-state index contributed by atoms with van der Waals surface area (Å²) in [5, 5.41) is 6.53. The normalized spacial score (nSPS) is 13.9. The van der Waals surface area contributed by atoms with Crippen LogP contribution in [-0.4, -0.2) is 41.6 Å². The Morgan fingerprint density at radius 1 is 1.37 bits per heavy atom. The number of thiazole rings is 1. The van der Waals surface area contributed by atoms with E-state index in [-0.39, 0.29) is 5.91 Å². The number of carbonyl (C=O) groups is 1. The Labute approximate surface area is 162 Å². The molecular formula is C20H24N4O2S. The third-order valence-corrected chi connectivity index (χ3v) is 5.85. The van der Waals surface area contributed by atoms with Crippen molar-refractivity contribution in [3.8, 4) is 11.3 Å². The number of rotatable bonds is 7. The van der Waals surface area contributed by atoms with E-state index >= 15 is 0 Å². The second kappa shape index (κ2) is 7.32. The van der Waals surface area contributed by atoms with Crippen molar-refractivity contribution in [3.05, 3.63) is 40.4 Å². The van der Waals surface area contributed by atoms with Gasteiger partial charge in [-0.2, -0.15) is 0 Å². The van der Waals surface area contributed by atoms with Crippen LogP contribution in [0.3, 0.4) is 0 Å². The molecule has 1 aliphatic rings. The number of amides is 1. The van der Waals surface area contributed by atoms with E-state index < -0.39 is 0 Å². The maximum absolute atomic E-state index is 12.6. The molecule has 0 aliphatic heterocycles. The van der Waals surface area contributed by atoms with Crippen molar-refractivity contribution in [1.82, 2.24) is 14.7 Å². The molecule has 1 fully saturated rings. The first-order chi connectivity index (χ1) is 13.1. The van der Waals surface area contributed by atoms with Crippen LogP contribution in [0.25, 0.3) is 16.2 Å². The molecule has 0 bridgehead atoms. The Balaban J connectivity index is 1.78. The molecule has 2 heterocycles. The van der Waals surface area contributed by atoms with Crippen molar-refractivity contribution in [2.75, 3.05) is 25.6 Å². The lowest BCUT2D eigenvalue weighted by Crippen LogP contribution is -2.25. The van der Waals surface area contributed by atoms with Gasteiger partial charge in [0, 0.05) is 31.0 Å². The maximum Gasteiger partial charge on any atom is 0.263 e. The molecule has 27 heavy (non-hydrogen) atoms. The second-order valence-corrected chi connectivity index (χ2v) is 7.96. The first-order valence-electron chi connectivity index (χ1n) is 9.21. The molecule has 1 aromatic carbocycles. The molecule has 0 radical (unpaired) electrons. The Morgan fingerprint density at radius 2 is 2.19 bits per heavy atom. The monoisotopic (exact) mass is 384 g/mol. The zero-order valence-electron chi connectivity index (χ0n) is 15.8. The van der Waals surface area contributed by atoms with E-state index in [1.54, 1.807) is 7.11 Å². The van der Waals surface area contributed by atoms with E-state index in [1.165, 1.54) is 16.9 Å². The van der Waals surface area contributed by atoms with Crippen LogP contribution in [0, 0.1) is 13.8 Å². The first kappa shape index (κ1) is 18.0. The van der Waals surface area contributed by atoms with Crippen LogP contribution in [0.4, 0.5) is 5.82 Å². The van der Waals surface area contributed by atoms with Gasteiger partial charge in [-0.25, -0.2) is 4.98 Å². The standard InChI is InChI=1S/C20H24N4O2S/c1-12-5-4-6-14(11-12)16-18(21-9-10-26-3)24-13(2)17(27-20(24)23-16)19(25)22-15-7-8-15/h4-6,11,15,21H,7-10H2,1-3H3,(H,22,25). The molecule has 3 aromatic rings. The van der Waals surface area contributed by atoms with Gasteiger partial charge in [-0.3, -0.25) is 9.20 Å². The molecule has 7 heteroatoms. The summed E-state index contributed by atoms with van der Waals surface area (Å²) in [6.07, 6.45) is 2.16. The highest BCUT2D eigenvalue weighted by Crippen LogP contribution is 2.35. The lowest BCUT2D eigenvalue weighted by molar-refractivity contribution is 0.0954. The average Bonchev–Trinajstić information content (AvgIpc) is 3.29. The number of methoxy groups -OCH3 is 1. The molecule has 0 atom stereocenters. The van der Waals surface area contributed by atoms with Crippen molar-refractivity contribution in [2.45, 2.75) is 32.7 Å². The smallest absolute Gasteiger partial charge is 0.263 e. The summed E-state index contributed by atoms with van der Waals surface area (Å²) >= 11 is 1.44. The number of ether oxygens (including phenoxy) is 1. The molecule has 0 unspecified atom stereocenters. The Morgan fingerprint density at radius 3 is 2.89 bits per heavy atom. The molecule has 1 saturated carbocycles. The molecule has 2 aromatic heterocycles. The summed E-state index contributed by atoms with van der Waals surface area (Å²) in [4.78, 5) is 19.0. The predicted octanol–water partition coefficient (Wildman–Crippen LogP) is 3.63. The zero-order valence-corrected chi connectivity index (χ0v) is 16.7. The fourth-order valence-electron chi connectivity index (χ4n) is 3.16. The number of benzene rings is 1. The van der Waals surface area contributed by atoms with Crippen LogP contribution in [-0.2, 0) is 4.74 Å². The van der Waals surface area contributed by atoms with Gasteiger partial charge in [0.15, 0.2) is 4.96 Å². The van der Waals surface area contributed by atoms with Crippen LogP contribution < -0.4 is 10.6 Å². The second-order valence-electron chi connectivity index (χ2n) is 6.98. The number of aromatic nitrogens is 2. The van der Waals surface area contributed by atoms with Gasteiger partial charge in [-0.05, 0) is 32.8 Å². The summed E-state index contributed by atoms with van der Waals surface area (Å²) in [7, 11) is 1.69. The van der Waals surface area contributed by atoms with E-state index in [1.807, 2.05) is 13.0 Å². The van der Waals surface area contributed by atoms with Gasteiger partial charge in [0.1, 0.15) is 16.4 Å². The summed E-state index contributed by atoms with van der Waals surface area (Å²) in [6.45, 7) is 5.32. The van der Waals surface area contributed by atoms with Gasteiger partial charge in [-0.15, -0.1) is 0 Å². The number of hydrogen-bond donors (Lipinski definition) is 2. The quantitative estimate of drug-likeness (QED) is 0.611. The fourth-order valence-corrected chi connectivity index (χ4v) is 4.19. The predicted molar refractivity (Wildman–Crippen MR) is 109 cm³/mol. The molecular weight excluding hydrogens is 360 g/mol. The van der Waals surface area contributed by atoms with Crippen LogP contribution >= 0.6 is 11.3 Å². The van der Waals surface area contributed by atoms with Gasteiger partial charge < -0.3 is 15.4 Å². The highest BCUT2D eigenvalue weighted by molar-refractivity contribution is 7.19. The van der Waals surface area contributed by atoms with Crippen LogP contribution in [0.1, 0.15) is 33.8 Å². The fraction of sp³-hybridized carbons (Fsp3) is 0.400. The van der Waals surface area contributed by atoms with Crippen LogP contribution in [0.15, 0.2) is 24.3 Å². The van der Waals surface area contributed by atoms with E-state index in [0.717, 1.165) is 45.4 Å². The number of nitrogens with one attached hydrogen (secondary N) is 2. The van der Waals surface area contributed by atoms with E-state index in [2.05, 4.69) is 40.2 Å². The summed E-state index contributed by atoms with van der Waals surface area (Å²) in [5.41, 5.74) is 4.07. The minimum Gasteiger partial charge on any atom is -0.383 e. The molecule has 142 valence electrons. The van der Waals surface area contributed by atoms with Gasteiger partial charge in [0.25, 0.3) is 5.91 Å². The summed E-state index contributed by atoms with van der Waals surface area (Å²) in [6, 6.07) is 8.65.